The summed E-state index contributed by atoms with van der Waals surface area (Å²) in [7, 11) is 0. The van der Waals surface area contributed by atoms with Crippen LogP contribution in [-0.2, 0) is 12.8 Å². The van der Waals surface area contributed by atoms with Crippen molar-refractivity contribution in [1.29, 1.82) is 0 Å². The molecule has 0 fully saturated rings. The molecule has 88 valence electrons. The van der Waals surface area contributed by atoms with Crippen LogP contribution < -0.4 is 0 Å². The Morgan fingerprint density at radius 1 is 0.824 bits per heavy atom. The number of halogens is 2. The number of hydrogen-bond donors (Lipinski definition) is 1. The molecule has 1 nitrogen and oxygen atoms in total. The normalized spacial score (nSPS) is 10.5. The summed E-state index contributed by atoms with van der Waals surface area (Å²) in [6, 6.07) is 13.6. The van der Waals surface area contributed by atoms with Crippen LogP contribution >= 0.6 is 23.2 Å². The third kappa shape index (κ3) is 2.93. The van der Waals surface area contributed by atoms with Crippen molar-refractivity contribution >= 4 is 23.2 Å². The Bertz CT molecular complexity index is 509. The lowest BCUT2D eigenvalue weighted by Crippen LogP contribution is -1.92. The first-order valence-corrected chi connectivity index (χ1v) is 6.14. The van der Waals surface area contributed by atoms with E-state index in [4.69, 9.17) is 23.2 Å². The highest BCUT2D eigenvalue weighted by atomic mass is 35.5. The van der Waals surface area contributed by atoms with Crippen LogP contribution in [0.2, 0.25) is 10.0 Å². The quantitative estimate of drug-likeness (QED) is 0.869. The number of aromatic hydroxyl groups is 1. The van der Waals surface area contributed by atoms with Crippen LogP contribution in [0.5, 0.6) is 5.75 Å². The molecular weight excluding hydrogens is 255 g/mol. The van der Waals surface area contributed by atoms with E-state index in [9.17, 15) is 5.11 Å². The van der Waals surface area contributed by atoms with Crippen molar-refractivity contribution in [2.24, 2.45) is 0 Å². The summed E-state index contributed by atoms with van der Waals surface area (Å²) in [5.41, 5.74) is 2.21. The second-order valence-corrected chi connectivity index (χ2v) is 4.61. The lowest BCUT2D eigenvalue weighted by molar-refractivity contribution is 0.475. The van der Waals surface area contributed by atoms with Gasteiger partial charge in [0.05, 0.1) is 5.02 Å². The fourth-order valence-electron chi connectivity index (χ4n) is 1.70. The summed E-state index contributed by atoms with van der Waals surface area (Å²) in [4.78, 5) is 0. The van der Waals surface area contributed by atoms with Crippen molar-refractivity contribution in [1.82, 2.24) is 0 Å². The van der Waals surface area contributed by atoms with Gasteiger partial charge < -0.3 is 5.11 Å². The fourth-order valence-corrected chi connectivity index (χ4v) is 2.13. The summed E-state index contributed by atoms with van der Waals surface area (Å²) in [6.45, 7) is 0. The predicted molar refractivity (Wildman–Crippen MR) is 72.0 cm³/mol. The van der Waals surface area contributed by atoms with Gasteiger partial charge in [0.15, 0.2) is 0 Å². The monoisotopic (exact) mass is 266 g/mol. The summed E-state index contributed by atoms with van der Waals surface area (Å²) in [5.74, 6) is 0.0279. The van der Waals surface area contributed by atoms with Gasteiger partial charge in [-0.15, -0.1) is 0 Å². The van der Waals surface area contributed by atoms with E-state index in [1.165, 1.54) is 5.56 Å². The van der Waals surface area contributed by atoms with Gasteiger partial charge in [-0.3, -0.25) is 0 Å². The van der Waals surface area contributed by atoms with Crippen molar-refractivity contribution in [3.63, 3.8) is 0 Å². The van der Waals surface area contributed by atoms with Gasteiger partial charge >= 0.3 is 0 Å². The van der Waals surface area contributed by atoms with Gasteiger partial charge in [0.1, 0.15) is 10.8 Å². The lowest BCUT2D eigenvalue weighted by Gasteiger charge is -2.07. The maximum Gasteiger partial charge on any atom is 0.135 e. The molecule has 0 aliphatic rings. The Kier molecular flexibility index (Phi) is 3.93. The minimum Gasteiger partial charge on any atom is -0.506 e. The molecular formula is C14H12Cl2O. The van der Waals surface area contributed by atoms with E-state index in [2.05, 4.69) is 12.1 Å². The van der Waals surface area contributed by atoms with Crippen LogP contribution in [0.3, 0.4) is 0 Å². The highest BCUT2D eigenvalue weighted by molar-refractivity contribution is 6.43. The van der Waals surface area contributed by atoms with Gasteiger partial charge in [-0.2, -0.15) is 0 Å². The SMILES string of the molecule is Oc1ccc(CCc2ccccc2)c(Cl)c1Cl. The molecule has 0 aromatic heterocycles. The molecule has 2 aromatic carbocycles. The Morgan fingerprint density at radius 2 is 1.53 bits per heavy atom. The molecule has 0 unspecified atom stereocenters. The van der Waals surface area contributed by atoms with Crippen LogP contribution in [0.1, 0.15) is 11.1 Å². The van der Waals surface area contributed by atoms with Crippen molar-refractivity contribution in [2.45, 2.75) is 12.8 Å². The number of aryl methyl sites for hydroxylation is 2. The van der Waals surface area contributed by atoms with E-state index in [0.29, 0.717) is 5.02 Å². The van der Waals surface area contributed by atoms with Crippen LogP contribution in [0.15, 0.2) is 42.5 Å². The molecule has 0 saturated heterocycles. The zero-order valence-electron chi connectivity index (χ0n) is 9.16. The second kappa shape index (κ2) is 5.44. The van der Waals surface area contributed by atoms with Gasteiger partial charge in [-0.1, -0.05) is 59.6 Å². The summed E-state index contributed by atoms with van der Waals surface area (Å²) in [5, 5.41) is 10.1. The van der Waals surface area contributed by atoms with E-state index in [1.807, 2.05) is 24.3 Å². The molecule has 0 amide bonds. The topological polar surface area (TPSA) is 20.2 Å². The van der Waals surface area contributed by atoms with Crippen molar-refractivity contribution in [3.05, 3.63) is 63.6 Å². The molecule has 0 radical (unpaired) electrons. The molecule has 1 N–H and O–H groups in total. The molecule has 0 aliphatic carbocycles. The number of phenolic OH excluding ortho intramolecular Hbond substituents is 1. The zero-order chi connectivity index (χ0) is 12.3. The van der Waals surface area contributed by atoms with Crippen molar-refractivity contribution in [2.75, 3.05) is 0 Å². The van der Waals surface area contributed by atoms with Gasteiger partial charge in [0.25, 0.3) is 0 Å². The smallest absolute Gasteiger partial charge is 0.135 e. The first-order chi connectivity index (χ1) is 8.18. The van der Waals surface area contributed by atoms with Crippen LogP contribution in [0.4, 0.5) is 0 Å². The molecule has 2 aromatic rings. The van der Waals surface area contributed by atoms with Crippen LogP contribution in [0.25, 0.3) is 0 Å². The lowest BCUT2D eigenvalue weighted by atomic mass is 10.0. The van der Waals surface area contributed by atoms with Gasteiger partial charge in [0, 0.05) is 0 Å². The first-order valence-electron chi connectivity index (χ1n) is 5.38. The molecule has 2 rings (SSSR count). The minimum atomic E-state index is 0.0279. The van der Waals surface area contributed by atoms with Crippen LogP contribution in [0, 0.1) is 0 Å². The summed E-state index contributed by atoms with van der Waals surface area (Å²) < 4.78 is 0. The van der Waals surface area contributed by atoms with Gasteiger partial charge in [-0.05, 0) is 30.0 Å². The standard InChI is InChI=1S/C14H12Cl2O/c15-13-11(8-9-12(17)14(13)16)7-6-10-4-2-1-3-5-10/h1-5,8-9,17H,6-7H2. The third-order valence-electron chi connectivity index (χ3n) is 2.67. The Labute approximate surface area is 111 Å². The molecule has 0 aliphatic heterocycles. The number of hydrogen-bond acceptors (Lipinski definition) is 1. The molecule has 17 heavy (non-hydrogen) atoms. The largest absolute Gasteiger partial charge is 0.506 e. The van der Waals surface area contributed by atoms with Crippen LogP contribution in [-0.4, -0.2) is 5.11 Å². The third-order valence-corrected chi connectivity index (χ3v) is 3.58. The Hall–Kier alpha value is -1.18. The van der Waals surface area contributed by atoms with E-state index in [1.54, 1.807) is 6.07 Å². The van der Waals surface area contributed by atoms with Crippen molar-refractivity contribution in [3.8, 4) is 5.75 Å². The molecule has 0 bridgehead atoms. The van der Waals surface area contributed by atoms with E-state index in [-0.39, 0.29) is 10.8 Å². The maximum absolute atomic E-state index is 9.39. The maximum atomic E-state index is 9.39. The highest BCUT2D eigenvalue weighted by Crippen LogP contribution is 2.34. The van der Waals surface area contributed by atoms with Gasteiger partial charge in [-0.25, -0.2) is 0 Å². The predicted octanol–water partition coefficient (Wildman–Crippen LogP) is 4.48. The Morgan fingerprint density at radius 3 is 2.24 bits per heavy atom. The zero-order valence-corrected chi connectivity index (χ0v) is 10.7. The number of benzene rings is 2. The minimum absolute atomic E-state index is 0.0279. The van der Waals surface area contributed by atoms with E-state index >= 15 is 0 Å². The molecule has 3 heteroatoms. The molecule has 0 atom stereocenters. The highest BCUT2D eigenvalue weighted by Gasteiger charge is 2.08. The molecule has 0 heterocycles. The Balaban J connectivity index is 2.13. The van der Waals surface area contributed by atoms with Gasteiger partial charge in [0.2, 0.25) is 0 Å². The van der Waals surface area contributed by atoms with E-state index in [0.717, 1.165) is 18.4 Å². The second-order valence-electron chi connectivity index (χ2n) is 3.86. The van der Waals surface area contributed by atoms with Crippen molar-refractivity contribution < 1.29 is 5.11 Å². The number of phenols is 1. The average molecular weight is 267 g/mol. The fraction of sp³-hybridized carbons (Fsp3) is 0.143. The van der Waals surface area contributed by atoms with E-state index < -0.39 is 0 Å². The molecule has 0 saturated carbocycles. The number of rotatable bonds is 3. The summed E-state index contributed by atoms with van der Waals surface area (Å²) in [6.07, 6.45) is 1.71. The molecule has 0 spiro atoms. The first kappa shape index (κ1) is 12.3. The summed E-state index contributed by atoms with van der Waals surface area (Å²) >= 11 is 12.0. The average Bonchev–Trinajstić information content (AvgIpc) is 2.36.